The van der Waals surface area contributed by atoms with Gasteiger partial charge in [0.25, 0.3) is 0 Å². The zero-order valence-corrected chi connectivity index (χ0v) is 19.1. The molecule has 0 spiro atoms. The molecule has 3 rings (SSSR count). The molecule has 168 valence electrons. The second-order valence-corrected chi connectivity index (χ2v) is 9.61. The lowest BCUT2D eigenvalue weighted by Gasteiger charge is -2.32. The van der Waals surface area contributed by atoms with Gasteiger partial charge in [0.05, 0.1) is 5.02 Å². The molecule has 31 heavy (non-hydrogen) atoms. The van der Waals surface area contributed by atoms with Crippen molar-refractivity contribution in [2.24, 2.45) is 0 Å². The number of aryl methyl sites for hydroxylation is 1. The molecule has 2 aromatic heterocycles. The molecule has 1 atom stereocenters. The molecule has 0 unspecified atom stereocenters. The number of piperidine rings is 1. The van der Waals surface area contributed by atoms with E-state index in [9.17, 15) is 13.2 Å². The topological polar surface area (TPSA) is 116 Å². The second kappa shape index (κ2) is 10.3. The second-order valence-electron chi connectivity index (χ2n) is 7.44. The fraction of sp³-hybridized carbons (Fsp3) is 0.450. The van der Waals surface area contributed by atoms with E-state index in [0.717, 1.165) is 25.1 Å². The number of nitrogens with one attached hydrogen (secondary N) is 3. The summed E-state index contributed by atoms with van der Waals surface area (Å²) in [5.41, 5.74) is 0.877. The number of pyridine rings is 2. The number of hydrogen-bond acceptors (Lipinski definition) is 7. The van der Waals surface area contributed by atoms with E-state index in [4.69, 9.17) is 11.6 Å². The van der Waals surface area contributed by atoms with Crippen LogP contribution in [0.25, 0.3) is 0 Å². The summed E-state index contributed by atoms with van der Waals surface area (Å²) < 4.78 is 27.6. The van der Waals surface area contributed by atoms with E-state index in [-0.39, 0.29) is 28.4 Å². The lowest BCUT2D eigenvalue weighted by atomic mass is 10.1. The van der Waals surface area contributed by atoms with Gasteiger partial charge in [-0.15, -0.1) is 0 Å². The van der Waals surface area contributed by atoms with E-state index in [0.29, 0.717) is 24.7 Å². The highest BCUT2D eigenvalue weighted by molar-refractivity contribution is 7.89. The van der Waals surface area contributed by atoms with Crippen LogP contribution in [0, 0.1) is 6.92 Å². The minimum Gasteiger partial charge on any atom is -0.369 e. The Labute approximate surface area is 187 Å². The molecular formula is C20H27ClN6O3S. The quantitative estimate of drug-likeness (QED) is 0.511. The molecule has 3 N–H and O–H groups in total. The highest BCUT2D eigenvalue weighted by Crippen LogP contribution is 2.24. The highest BCUT2D eigenvalue weighted by atomic mass is 35.5. The lowest BCUT2D eigenvalue weighted by molar-refractivity contribution is -0.129. The molecule has 11 heteroatoms. The molecule has 1 fully saturated rings. The fourth-order valence-corrected chi connectivity index (χ4v) is 4.64. The van der Waals surface area contributed by atoms with Gasteiger partial charge in [-0.2, -0.15) is 0 Å². The van der Waals surface area contributed by atoms with E-state index >= 15 is 0 Å². The molecule has 0 bridgehead atoms. The van der Waals surface area contributed by atoms with Crippen molar-refractivity contribution < 1.29 is 13.2 Å². The smallest absolute Gasteiger partial charge is 0.242 e. The molecule has 0 aliphatic carbocycles. The monoisotopic (exact) mass is 466 g/mol. The minimum atomic E-state index is -3.75. The van der Waals surface area contributed by atoms with E-state index < -0.39 is 10.0 Å². The Hall–Kier alpha value is -2.43. The van der Waals surface area contributed by atoms with Gasteiger partial charge in [-0.1, -0.05) is 17.7 Å². The summed E-state index contributed by atoms with van der Waals surface area (Å²) in [6.45, 7) is 5.30. The Morgan fingerprint density at radius 3 is 2.84 bits per heavy atom. The van der Waals surface area contributed by atoms with Crippen molar-refractivity contribution >= 4 is 39.2 Å². The van der Waals surface area contributed by atoms with Crippen LogP contribution in [0.2, 0.25) is 5.02 Å². The molecule has 2 aromatic rings. The fourth-order valence-electron chi connectivity index (χ4n) is 3.35. The van der Waals surface area contributed by atoms with Gasteiger partial charge in [0.1, 0.15) is 16.5 Å². The molecule has 0 saturated carbocycles. The molecule has 1 aliphatic rings. The standard InChI is InChI=1S/C20H27ClN6O3S/c1-14-5-3-7-19(25-14)22-8-9-24-31(29,30)17-11-18(21)20(23-12-17)26-16-6-4-10-27(13-16)15(2)28/h3,5,7,11-12,16,24H,4,6,8-10,13H2,1-2H3,(H,22,25)(H,23,26)/t16-/m1/s1. The number of nitrogens with zero attached hydrogens (tertiary/aromatic N) is 3. The molecule has 0 radical (unpaired) electrons. The number of halogens is 1. The van der Waals surface area contributed by atoms with Gasteiger partial charge in [-0.3, -0.25) is 4.79 Å². The number of sulfonamides is 1. The van der Waals surface area contributed by atoms with E-state index in [1.165, 1.54) is 12.3 Å². The molecule has 0 aromatic carbocycles. The Kier molecular flexibility index (Phi) is 7.69. The summed E-state index contributed by atoms with van der Waals surface area (Å²) in [5.74, 6) is 1.12. The molecule has 1 saturated heterocycles. The number of carbonyl (C=O) groups excluding carboxylic acids is 1. The summed E-state index contributed by atoms with van der Waals surface area (Å²) in [6, 6.07) is 6.98. The van der Waals surface area contributed by atoms with Gasteiger partial charge in [0.2, 0.25) is 15.9 Å². The average molecular weight is 467 g/mol. The van der Waals surface area contributed by atoms with Gasteiger partial charge >= 0.3 is 0 Å². The summed E-state index contributed by atoms with van der Waals surface area (Å²) in [6.07, 6.45) is 3.04. The van der Waals surface area contributed by atoms with Crippen LogP contribution in [0.5, 0.6) is 0 Å². The van der Waals surface area contributed by atoms with Crippen LogP contribution in [0.1, 0.15) is 25.5 Å². The summed E-state index contributed by atoms with van der Waals surface area (Å²) in [4.78, 5) is 21.9. The van der Waals surface area contributed by atoms with Gasteiger partial charge in [-0.25, -0.2) is 23.1 Å². The van der Waals surface area contributed by atoms with Crippen LogP contribution >= 0.6 is 11.6 Å². The summed E-state index contributed by atoms with van der Waals surface area (Å²) in [7, 11) is -3.75. The number of hydrogen-bond donors (Lipinski definition) is 3. The van der Waals surface area contributed by atoms with Crippen molar-refractivity contribution in [3.8, 4) is 0 Å². The normalized spacial score (nSPS) is 16.7. The largest absolute Gasteiger partial charge is 0.369 e. The SMILES string of the molecule is CC(=O)N1CCC[C@@H](Nc2ncc(S(=O)(=O)NCCNc3cccc(C)n3)cc2Cl)C1. The van der Waals surface area contributed by atoms with Crippen LogP contribution in [-0.4, -0.2) is 61.4 Å². The maximum absolute atomic E-state index is 12.6. The van der Waals surface area contributed by atoms with E-state index in [1.54, 1.807) is 11.8 Å². The third-order valence-electron chi connectivity index (χ3n) is 4.95. The molecule has 1 aliphatic heterocycles. The number of aromatic nitrogens is 2. The molecule has 1 amide bonds. The Bertz CT molecular complexity index is 1030. The Morgan fingerprint density at radius 2 is 2.13 bits per heavy atom. The van der Waals surface area contributed by atoms with Crippen LogP contribution in [0.4, 0.5) is 11.6 Å². The third-order valence-corrected chi connectivity index (χ3v) is 6.66. The summed E-state index contributed by atoms with van der Waals surface area (Å²) >= 11 is 6.29. The van der Waals surface area contributed by atoms with Crippen molar-refractivity contribution in [2.75, 3.05) is 36.8 Å². The number of likely N-dealkylation sites (tertiary alicyclic amines) is 1. The lowest BCUT2D eigenvalue weighted by Crippen LogP contribution is -2.44. The first-order valence-electron chi connectivity index (χ1n) is 10.1. The van der Waals surface area contributed by atoms with Crippen LogP contribution in [0.15, 0.2) is 35.4 Å². The third kappa shape index (κ3) is 6.52. The maximum Gasteiger partial charge on any atom is 0.242 e. The average Bonchev–Trinajstić information content (AvgIpc) is 2.73. The number of amides is 1. The van der Waals surface area contributed by atoms with Gasteiger partial charge in [0.15, 0.2) is 0 Å². The highest BCUT2D eigenvalue weighted by Gasteiger charge is 2.23. The zero-order chi connectivity index (χ0) is 22.4. The number of rotatable bonds is 8. The predicted octanol–water partition coefficient (Wildman–Crippen LogP) is 2.25. The Balaban J connectivity index is 1.55. The van der Waals surface area contributed by atoms with Crippen molar-refractivity contribution in [3.05, 3.63) is 41.2 Å². The number of anilines is 2. The van der Waals surface area contributed by atoms with Crippen molar-refractivity contribution in [1.82, 2.24) is 19.6 Å². The van der Waals surface area contributed by atoms with Gasteiger partial charge in [0, 0.05) is 51.0 Å². The zero-order valence-electron chi connectivity index (χ0n) is 17.6. The first-order chi connectivity index (χ1) is 14.7. The van der Waals surface area contributed by atoms with Crippen LogP contribution < -0.4 is 15.4 Å². The van der Waals surface area contributed by atoms with Crippen molar-refractivity contribution in [3.63, 3.8) is 0 Å². The maximum atomic E-state index is 12.6. The summed E-state index contributed by atoms with van der Waals surface area (Å²) in [5, 5.41) is 6.50. The van der Waals surface area contributed by atoms with Crippen LogP contribution in [-0.2, 0) is 14.8 Å². The van der Waals surface area contributed by atoms with Gasteiger partial charge < -0.3 is 15.5 Å². The first kappa shape index (κ1) is 23.2. The van der Waals surface area contributed by atoms with E-state index in [2.05, 4.69) is 25.3 Å². The van der Waals surface area contributed by atoms with Crippen molar-refractivity contribution in [1.29, 1.82) is 0 Å². The van der Waals surface area contributed by atoms with Crippen molar-refractivity contribution in [2.45, 2.75) is 37.6 Å². The minimum absolute atomic E-state index is 0.00858. The predicted molar refractivity (Wildman–Crippen MR) is 121 cm³/mol. The molecule has 3 heterocycles. The first-order valence-corrected chi connectivity index (χ1v) is 12.0. The molecule has 9 nitrogen and oxygen atoms in total. The van der Waals surface area contributed by atoms with E-state index in [1.807, 2.05) is 25.1 Å². The molecular weight excluding hydrogens is 440 g/mol. The Morgan fingerprint density at radius 1 is 1.32 bits per heavy atom. The van der Waals surface area contributed by atoms with Gasteiger partial charge in [-0.05, 0) is 38.0 Å². The van der Waals surface area contributed by atoms with Crippen LogP contribution in [0.3, 0.4) is 0 Å². The number of carbonyl (C=O) groups is 1.